The van der Waals surface area contributed by atoms with Crippen LogP contribution in [0.2, 0.25) is 0 Å². The molecule has 0 saturated heterocycles. The highest BCUT2D eigenvalue weighted by Gasteiger charge is 2.08. The quantitative estimate of drug-likeness (QED) is 0.703. The van der Waals surface area contributed by atoms with Gasteiger partial charge < -0.3 is 5.73 Å². The number of carbonyl (C=O) groups is 1. The Bertz CT molecular complexity index is 437. The Labute approximate surface area is 72.1 Å². The summed E-state index contributed by atoms with van der Waals surface area (Å²) in [5.41, 5.74) is 6.18. The first-order valence-corrected chi connectivity index (χ1v) is 4.15. The van der Waals surface area contributed by atoms with E-state index in [0.29, 0.717) is 5.69 Å². The summed E-state index contributed by atoms with van der Waals surface area (Å²) < 4.78 is 0.755. The van der Waals surface area contributed by atoms with Crippen LogP contribution in [0.25, 0.3) is 10.2 Å². The van der Waals surface area contributed by atoms with E-state index in [9.17, 15) is 4.79 Å². The van der Waals surface area contributed by atoms with Crippen molar-refractivity contribution < 1.29 is 4.79 Å². The van der Waals surface area contributed by atoms with Crippen LogP contribution in [0.5, 0.6) is 0 Å². The lowest BCUT2D eigenvalue weighted by Crippen LogP contribution is -2.13. The van der Waals surface area contributed by atoms with E-state index >= 15 is 0 Å². The Balaban J connectivity index is 2.82. The number of rotatable bonds is 1. The number of primary amides is 1. The van der Waals surface area contributed by atoms with Crippen LogP contribution in [0.4, 0.5) is 0 Å². The molecule has 2 heterocycles. The molecule has 1 amide bonds. The summed E-state index contributed by atoms with van der Waals surface area (Å²) in [6, 6.07) is 1.83. The minimum absolute atomic E-state index is 0.301. The highest BCUT2D eigenvalue weighted by Crippen LogP contribution is 2.20. The maximum Gasteiger partial charge on any atom is 0.268 e. The van der Waals surface area contributed by atoms with Crippen molar-refractivity contribution in [2.24, 2.45) is 5.73 Å². The Hall–Kier alpha value is -1.49. The molecule has 2 N–H and O–H groups in total. The van der Waals surface area contributed by atoms with Crippen molar-refractivity contribution in [2.75, 3.05) is 0 Å². The van der Waals surface area contributed by atoms with E-state index in [0.717, 1.165) is 10.2 Å². The van der Waals surface area contributed by atoms with E-state index in [-0.39, 0.29) is 0 Å². The number of nitrogens with zero attached hydrogens (tertiary/aromatic N) is 2. The van der Waals surface area contributed by atoms with Crippen LogP contribution >= 0.6 is 11.3 Å². The van der Waals surface area contributed by atoms with Crippen molar-refractivity contribution in [1.29, 1.82) is 0 Å². The average molecular weight is 179 g/mol. The molecule has 2 aromatic heterocycles. The highest BCUT2D eigenvalue weighted by atomic mass is 32.1. The number of fused-ring (bicyclic) bond motifs is 1. The number of hydrogen-bond acceptors (Lipinski definition) is 4. The van der Waals surface area contributed by atoms with Crippen LogP contribution in [0, 0.1) is 0 Å². The van der Waals surface area contributed by atoms with E-state index in [1.165, 1.54) is 17.7 Å². The topological polar surface area (TPSA) is 68.9 Å². The molecule has 60 valence electrons. The standard InChI is InChI=1S/C7H5N3OS/c8-7(11)5-6-4(1-2-12-6)9-3-10-5/h1-3H,(H2,8,11). The first-order chi connectivity index (χ1) is 5.79. The smallest absolute Gasteiger partial charge is 0.268 e. The molecule has 4 nitrogen and oxygen atoms in total. The van der Waals surface area contributed by atoms with Crippen molar-refractivity contribution in [3.63, 3.8) is 0 Å². The minimum atomic E-state index is -0.509. The zero-order chi connectivity index (χ0) is 8.55. The lowest BCUT2D eigenvalue weighted by Gasteiger charge is -1.93. The molecule has 2 aromatic rings. The minimum Gasteiger partial charge on any atom is -0.364 e. The van der Waals surface area contributed by atoms with Crippen LogP contribution in [0.15, 0.2) is 17.8 Å². The fourth-order valence-corrected chi connectivity index (χ4v) is 1.80. The Morgan fingerprint density at radius 3 is 3.08 bits per heavy atom. The van der Waals surface area contributed by atoms with Crippen molar-refractivity contribution in [2.45, 2.75) is 0 Å². The van der Waals surface area contributed by atoms with Gasteiger partial charge in [-0.1, -0.05) is 0 Å². The average Bonchev–Trinajstić information content (AvgIpc) is 2.49. The molecular formula is C7H5N3OS. The van der Waals surface area contributed by atoms with Gasteiger partial charge in [0.2, 0.25) is 0 Å². The molecule has 0 saturated carbocycles. The van der Waals surface area contributed by atoms with Crippen molar-refractivity contribution in [3.8, 4) is 0 Å². The molecule has 2 rings (SSSR count). The molecule has 5 heteroatoms. The summed E-state index contributed by atoms with van der Waals surface area (Å²) in [5.74, 6) is -0.509. The van der Waals surface area contributed by atoms with Gasteiger partial charge in [0.15, 0.2) is 0 Å². The molecule has 0 unspecified atom stereocenters. The van der Waals surface area contributed by atoms with Gasteiger partial charge >= 0.3 is 0 Å². The van der Waals surface area contributed by atoms with Gasteiger partial charge in [-0.2, -0.15) is 0 Å². The number of carbonyl (C=O) groups excluding carboxylic acids is 1. The van der Waals surface area contributed by atoms with Crippen LogP contribution in [0.3, 0.4) is 0 Å². The van der Waals surface area contributed by atoms with Gasteiger partial charge in [-0.05, 0) is 11.4 Å². The second-order valence-corrected chi connectivity index (χ2v) is 3.14. The Morgan fingerprint density at radius 2 is 2.33 bits per heavy atom. The molecule has 0 aliphatic rings. The van der Waals surface area contributed by atoms with Gasteiger partial charge in [-0.25, -0.2) is 9.97 Å². The molecule has 0 aromatic carbocycles. The maximum atomic E-state index is 10.9. The van der Waals surface area contributed by atoms with Gasteiger partial charge in [0.05, 0.1) is 10.2 Å². The zero-order valence-corrected chi connectivity index (χ0v) is 6.84. The SMILES string of the molecule is NC(=O)c1ncnc2ccsc12. The Kier molecular flexibility index (Phi) is 1.51. The maximum absolute atomic E-state index is 10.9. The highest BCUT2D eigenvalue weighted by molar-refractivity contribution is 7.17. The second-order valence-electron chi connectivity index (χ2n) is 2.22. The third-order valence-corrected chi connectivity index (χ3v) is 2.39. The molecular weight excluding hydrogens is 174 g/mol. The van der Waals surface area contributed by atoms with E-state index in [4.69, 9.17) is 5.73 Å². The van der Waals surface area contributed by atoms with Crippen LogP contribution in [0.1, 0.15) is 10.5 Å². The van der Waals surface area contributed by atoms with Gasteiger partial charge in [0, 0.05) is 0 Å². The van der Waals surface area contributed by atoms with Gasteiger partial charge in [-0.3, -0.25) is 4.79 Å². The van der Waals surface area contributed by atoms with E-state index in [1.807, 2.05) is 11.4 Å². The predicted octanol–water partition coefficient (Wildman–Crippen LogP) is 0.790. The number of aromatic nitrogens is 2. The fraction of sp³-hybridized carbons (Fsp3) is 0. The molecule has 0 fully saturated rings. The van der Waals surface area contributed by atoms with Crippen molar-refractivity contribution in [1.82, 2.24) is 9.97 Å². The summed E-state index contributed by atoms with van der Waals surface area (Å²) in [7, 11) is 0. The number of amides is 1. The second kappa shape index (κ2) is 2.53. The lowest BCUT2D eigenvalue weighted by atomic mass is 10.3. The zero-order valence-electron chi connectivity index (χ0n) is 6.02. The Morgan fingerprint density at radius 1 is 1.50 bits per heavy atom. The molecule has 0 aliphatic carbocycles. The molecule has 12 heavy (non-hydrogen) atoms. The van der Waals surface area contributed by atoms with E-state index < -0.39 is 5.91 Å². The normalized spacial score (nSPS) is 10.3. The third kappa shape index (κ3) is 0.947. The van der Waals surface area contributed by atoms with Crippen molar-refractivity contribution in [3.05, 3.63) is 23.5 Å². The van der Waals surface area contributed by atoms with Gasteiger partial charge in [0.1, 0.15) is 12.0 Å². The molecule has 0 radical (unpaired) electrons. The number of nitrogens with two attached hydrogens (primary N) is 1. The summed E-state index contributed by atoms with van der Waals surface area (Å²) >= 11 is 1.42. The van der Waals surface area contributed by atoms with Crippen LogP contribution < -0.4 is 5.73 Å². The summed E-state index contributed by atoms with van der Waals surface area (Å²) in [6.07, 6.45) is 1.34. The van der Waals surface area contributed by atoms with Gasteiger partial charge in [0.25, 0.3) is 5.91 Å². The first-order valence-electron chi connectivity index (χ1n) is 3.27. The molecule has 0 atom stereocenters. The number of thiophene rings is 1. The third-order valence-electron chi connectivity index (χ3n) is 1.48. The first kappa shape index (κ1) is 7.17. The molecule has 0 spiro atoms. The van der Waals surface area contributed by atoms with E-state index in [1.54, 1.807) is 0 Å². The molecule has 0 bridgehead atoms. The lowest BCUT2D eigenvalue weighted by molar-refractivity contribution is 0.0997. The molecule has 0 aliphatic heterocycles. The summed E-state index contributed by atoms with van der Waals surface area (Å²) in [5, 5.41) is 1.85. The predicted molar refractivity (Wildman–Crippen MR) is 45.9 cm³/mol. The van der Waals surface area contributed by atoms with E-state index in [2.05, 4.69) is 9.97 Å². The fourth-order valence-electron chi connectivity index (χ4n) is 0.964. The number of hydrogen-bond donors (Lipinski definition) is 1. The van der Waals surface area contributed by atoms with Crippen LogP contribution in [-0.4, -0.2) is 15.9 Å². The summed E-state index contributed by atoms with van der Waals surface area (Å²) in [6.45, 7) is 0. The monoisotopic (exact) mass is 179 g/mol. The van der Waals surface area contributed by atoms with Gasteiger partial charge in [-0.15, -0.1) is 11.3 Å². The summed E-state index contributed by atoms with van der Waals surface area (Å²) in [4.78, 5) is 18.6. The van der Waals surface area contributed by atoms with Crippen molar-refractivity contribution >= 4 is 27.5 Å². The largest absolute Gasteiger partial charge is 0.364 e. The van der Waals surface area contributed by atoms with Crippen LogP contribution in [-0.2, 0) is 0 Å².